The lowest BCUT2D eigenvalue weighted by Crippen LogP contribution is -2.33. The van der Waals surface area contributed by atoms with Crippen molar-refractivity contribution < 1.29 is 26.4 Å². The number of anilines is 1. The standard InChI is InChI=1S/C20H20F3N5O3S/c1-13(2)27(3)32(30,31)16-6-4-5-14(9-16)19(29)26-17-10-15(20(21,22)23)7-8-18(17)28-12-24-11-25-28/h4-13H,1-3H3,(H,26,29). The Morgan fingerprint density at radius 2 is 1.88 bits per heavy atom. The van der Waals surface area contributed by atoms with Gasteiger partial charge in [0.2, 0.25) is 10.0 Å². The molecule has 0 atom stereocenters. The first-order valence-corrected chi connectivity index (χ1v) is 10.8. The number of aromatic nitrogens is 3. The molecule has 0 saturated heterocycles. The molecule has 3 rings (SSSR count). The molecular weight excluding hydrogens is 447 g/mol. The number of amides is 1. The van der Waals surface area contributed by atoms with Crippen molar-refractivity contribution in [1.82, 2.24) is 19.1 Å². The molecule has 0 spiro atoms. The zero-order valence-electron chi connectivity index (χ0n) is 17.3. The van der Waals surface area contributed by atoms with Gasteiger partial charge in [-0.2, -0.15) is 22.6 Å². The van der Waals surface area contributed by atoms with Gasteiger partial charge >= 0.3 is 6.18 Å². The number of carbonyl (C=O) groups is 1. The predicted octanol–water partition coefficient (Wildman–Crippen LogP) is 3.57. The summed E-state index contributed by atoms with van der Waals surface area (Å²) in [5, 5.41) is 6.31. The van der Waals surface area contributed by atoms with Crippen molar-refractivity contribution in [1.29, 1.82) is 0 Å². The molecule has 1 aromatic heterocycles. The van der Waals surface area contributed by atoms with Crippen LogP contribution in [0.2, 0.25) is 0 Å². The summed E-state index contributed by atoms with van der Waals surface area (Å²) in [5.74, 6) is -0.782. The minimum Gasteiger partial charge on any atom is -0.320 e. The number of carbonyl (C=O) groups excluding carboxylic acids is 1. The van der Waals surface area contributed by atoms with Crippen LogP contribution in [0.25, 0.3) is 5.69 Å². The Labute approximate surface area is 182 Å². The molecule has 0 radical (unpaired) electrons. The number of rotatable bonds is 6. The number of alkyl halides is 3. The second-order valence-corrected chi connectivity index (χ2v) is 9.16. The van der Waals surface area contributed by atoms with Gasteiger partial charge in [0.05, 0.1) is 21.8 Å². The van der Waals surface area contributed by atoms with Crippen molar-refractivity contribution in [3.8, 4) is 5.69 Å². The van der Waals surface area contributed by atoms with Gasteiger partial charge in [-0.3, -0.25) is 4.79 Å². The molecule has 1 amide bonds. The lowest BCUT2D eigenvalue weighted by atomic mass is 10.1. The summed E-state index contributed by atoms with van der Waals surface area (Å²) >= 11 is 0. The molecule has 8 nitrogen and oxygen atoms in total. The third-order valence-corrected chi connectivity index (χ3v) is 6.77. The second kappa shape index (κ2) is 8.71. The summed E-state index contributed by atoms with van der Waals surface area (Å²) in [5.41, 5.74) is -1.01. The van der Waals surface area contributed by atoms with Crippen LogP contribution in [0.3, 0.4) is 0 Å². The normalized spacial score (nSPS) is 12.4. The monoisotopic (exact) mass is 467 g/mol. The van der Waals surface area contributed by atoms with E-state index in [1.807, 2.05) is 0 Å². The van der Waals surface area contributed by atoms with Crippen LogP contribution in [0, 0.1) is 0 Å². The molecule has 1 heterocycles. The van der Waals surface area contributed by atoms with E-state index in [0.717, 1.165) is 22.5 Å². The molecule has 0 bridgehead atoms. The number of halogens is 3. The van der Waals surface area contributed by atoms with Crippen LogP contribution in [-0.2, 0) is 16.2 Å². The number of benzene rings is 2. The summed E-state index contributed by atoms with van der Waals surface area (Å²) in [6.45, 7) is 3.40. The molecule has 1 N–H and O–H groups in total. The topological polar surface area (TPSA) is 97.2 Å². The molecule has 0 fully saturated rings. The van der Waals surface area contributed by atoms with Crippen LogP contribution in [-0.4, -0.2) is 46.5 Å². The molecule has 0 saturated carbocycles. The summed E-state index contributed by atoms with van der Waals surface area (Å²) in [7, 11) is -2.44. The maximum Gasteiger partial charge on any atom is 0.416 e. The van der Waals surface area contributed by atoms with Crippen molar-refractivity contribution in [2.75, 3.05) is 12.4 Å². The fraction of sp³-hybridized carbons (Fsp3) is 0.250. The zero-order valence-corrected chi connectivity index (χ0v) is 18.1. The van der Waals surface area contributed by atoms with Gasteiger partial charge in [0.15, 0.2) is 0 Å². The maximum absolute atomic E-state index is 13.2. The fourth-order valence-corrected chi connectivity index (χ4v) is 4.20. The molecule has 3 aromatic rings. The van der Waals surface area contributed by atoms with E-state index in [-0.39, 0.29) is 27.9 Å². The minimum atomic E-state index is -4.63. The summed E-state index contributed by atoms with van der Waals surface area (Å²) in [6.07, 6.45) is -2.16. The Hall–Kier alpha value is -3.25. The average Bonchev–Trinajstić information content (AvgIpc) is 3.27. The molecule has 0 aliphatic carbocycles. The van der Waals surface area contributed by atoms with Crippen molar-refractivity contribution >= 4 is 21.6 Å². The molecule has 12 heteroatoms. The molecule has 0 aliphatic rings. The number of nitrogens with zero attached hydrogens (tertiary/aromatic N) is 4. The Bertz CT molecular complexity index is 1230. The Morgan fingerprint density at radius 1 is 1.16 bits per heavy atom. The number of sulfonamides is 1. The summed E-state index contributed by atoms with van der Waals surface area (Å²) < 4.78 is 67.4. The van der Waals surface area contributed by atoms with Crippen molar-refractivity contribution in [3.63, 3.8) is 0 Å². The van der Waals surface area contributed by atoms with E-state index < -0.39 is 27.7 Å². The molecular formula is C20H20F3N5O3S. The van der Waals surface area contributed by atoms with Gasteiger partial charge < -0.3 is 5.32 Å². The zero-order chi connectivity index (χ0) is 23.7. The van der Waals surface area contributed by atoms with Crippen LogP contribution in [0.15, 0.2) is 60.0 Å². The Kier molecular flexibility index (Phi) is 6.37. The average molecular weight is 467 g/mol. The number of nitrogens with one attached hydrogen (secondary N) is 1. The van der Waals surface area contributed by atoms with E-state index in [1.54, 1.807) is 13.8 Å². The van der Waals surface area contributed by atoms with Gasteiger partial charge in [-0.05, 0) is 50.2 Å². The van der Waals surface area contributed by atoms with Crippen LogP contribution in [0.4, 0.5) is 18.9 Å². The van der Waals surface area contributed by atoms with Gasteiger partial charge in [0.25, 0.3) is 5.91 Å². The highest BCUT2D eigenvalue weighted by molar-refractivity contribution is 7.89. The van der Waals surface area contributed by atoms with Crippen LogP contribution in [0.1, 0.15) is 29.8 Å². The smallest absolute Gasteiger partial charge is 0.320 e. The van der Waals surface area contributed by atoms with Gasteiger partial charge in [-0.25, -0.2) is 18.1 Å². The highest BCUT2D eigenvalue weighted by Gasteiger charge is 2.31. The highest BCUT2D eigenvalue weighted by atomic mass is 32.2. The lowest BCUT2D eigenvalue weighted by Gasteiger charge is -2.21. The Balaban J connectivity index is 1.99. The second-order valence-electron chi connectivity index (χ2n) is 7.17. The summed E-state index contributed by atoms with van der Waals surface area (Å²) in [6, 6.07) is 7.76. The van der Waals surface area contributed by atoms with Gasteiger partial charge in [-0.1, -0.05) is 6.07 Å². The van der Waals surface area contributed by atoms with Crippen molar-refractivity contribution in [3.05, 3.63) is 66.2 Å². The van der Waals surface area contributed by atoms with Gasteiger partial charge in [0, 0.05) is 18.7 Å². The Morgan fingerprint density at radius 3 is 2.47 bits per heavy atom. The molecule has 2 aromatic carbocycles. The van der Waals surface area contributed by atoms with E-state index in [0.29, 0.717) is 0 Å². The van der Waals surface area contributed by atoms with Gasteiger partial charge in [-0.15, -0.1) is 0 Å². The molecule has 0 unspecified atom stereocenters. The number of hydrogen-bond donors (Lipinski definition) is 1. The lowest BCUT2D eigenvalue weighted by molar-refractivity contribution is -0.137. The molecule has 170 valence electrons. The molecule has 32 heavy (non-hydrogen) atoms. The first kappa shape index (κ1) is 23.4. The van der Waals surface area contributed by atoms with Crippen LogP contribution >= 0.6 is 0 Å². The number of hydrogen-bond acceptors (Lipinski definition) is 5. The maximum atomic E-state index is 13.2. The SMILES string of the molecule is CC(C)N(C)S(=O)(=O)c1cccc(C(=O)Nc2cc(C(F)(F)F)ccc2-n2cncn2)c1. The highest BCUT2D eigenvalue weighted by Crippen LogP contribution is 2.33. The van der Waals surface area contributed by atoms with E-state index in [9.17, 15) is 26.4 Å². The fourth-order valence-electron chi connectivity index (χ4n) is 2.78. The largest absolute Gasteiger partial charge is 0.416 e. The molecule has 0 aliphatic heterocycles. The third-order valence-electron chi connectivity index (χ3n) is 4.74. The van der Waals surface area contributed by atoms with Crippen LogP contribution < -0.4 is 5.32 Å². The summed E-state index contributed by atoms with van der Waals surface area (Å²) in [4.78, 5) is 16.5. The first-order chi connectivity index (χ1) is 14.9. The van der Waals surface area contributed by atoms with Crippen molar-refractivity contribution in [2.24, 2.45) is 0 Å². The van der Waals surface area contributed by atoms with E-state index in [4.69, 9.17) is 0 Å². The van der Waals surface area contributed by atoms with E-state index in [2.05, 4.69) is 15.4 Å². The first-order valence-electron chi connectivity index (χ1n) is 9.37. The predicted molar refractivity (Wildman–Crippen MR) is 111 cm³/mol. The van der Waals surface area contributed by atoms with Gasteiger partial charge in [0.1, 0.15) is 12.7 Å². The minimum absolute atomic E-state index is 0.0369. The van der Waals surface area contributed by atoms with Crippen LogP contribution in [0.5, 0.6) is 0 Å². The van der Waals surface area contributed by atoms with E-state index >= 15 is 0 Å². The van der Waals surface area contributed by atoms with E-state index in [1.165, 1.54) is 48.6 Å². The quantitative estimate of drug-likeness (QED) is 0.598. The third kappa shape index (κ3) is 4.81. The van der Waals surface area contributed by atoms with Crippen molar-refractivity contribution in [2.45, 2.75) is 31.0 Å².